The van der Waals surface area contributed by atoms with Crippen molar-refractivity contribution in [2.75, 3.05) is 32.1 Å². The third-order valence-corrected chi connectivity index (χ3v) is 6.67. The normalized spacial score (nSPS) is 14.6. The maximum atomic E-state index is 13.4. The summed E-state index contributed by atoms with van der Waals surface area (Å²) in [5, 5.41) is 7.73. The van der Waals surface area contributed by atoms with Crippen molar-refractivity contribution >= 4 is 40.6 Å². The molecule has 0 aliphatic carbocycles. The van der Waals surface area contributed by atoms with Gasteiger partial charge in [-0.3, -0.25) is 10.2 Å². The number of halogens is 2. The quantitative estimate of drug-likeness (QED) is 0.212. The summed E-state index contributed by atoms with van der Waals surface area (Å²) in [6.07, 6.45) is 3.45. The second-order valence-corrected chi connectivity index (χ2v) is 9.55. The number of hydrazone groups is 1. The molecule has 206 valence electrons. The first-order valence-corrected chi connectivity index (χ1v) is 12.7. The first-order chi connectivity index (χ1) is 19.3. The van der Waals surface area contributed by atoms with Crippen LogP contribution in [0.15, 0.2) is 72.1 Å². The first kappa shape index (κ1) is 26.9. The number of carbonyl (C=O) groups is 1. The van der Waals surface area contributed by atoms with Crippen LogP contribution in [-0.2, 0) is 11.3 Å². The van der Waals surface area contributed by atoms with Crippen molar-refractivity contribution in [2.45, 2.75) is 19.4 Å². The number of methoxy groups -OCH3 is 1. The lowest BCUT2D eigenvalue weighted by atomic mass is 10.1. The van der Waals surface area contributed by atoms with E-state index < -0.39 is 24.9 Å². The van der Waals surface area contributed by atoms with E-state index in [1.807, 2.05) is 54.0 Å². The monoisotopic (exact) mass is 545 g/mol. The summed E-state index contributed by atoms with van der Waals surface area (Å²) in [4.78, 5) is 23.3. The molecule has 9 nitrogen and oxygen atoms in total. The molecule has 0 radical (unpaired) electrons. The van der Waals surface area contributed by atoms with E-state index in [-0.39, 0.29) is 0 Å². The highest BCUT2D eigenvalue weighted by molar-refractivity contribution is 6.00. The molecule has 2 aromatic carbocycles. The molecule has 11 heteroatoms. The second kappa shape index (κ2) is 11.2. The highest BCUT2D eigenvalue weighted by Gasteiger charge is 2.47. The van der Waals surface area contributed by atoms with Crippen LogP contribution in [0, 0.1) is 0 Å². The van der Waals surface area contributed by atoms with Gasteiger partial charge in [0.1, 0.15) is 11.5 Å². The minimum atomic E-state index is -2.83. The number of likely N-dealkylation sites (tertiary alicyclic amines) is 1. The first-order valence-electron chi connectivity index (χ1n) is 12.7. The van der Waals surface area contributed by atoms with Crippen LogP contribution in [0.5, 0.6) is 0 Å². The highest BCUT2D eigenvalue weighted by atomic mass is 19.3. The van der Waals surface area contributed by atoms with Crippen LogP contribution in [0.4, 0.5) is 20.3 Å². The molecule has 2 aromatic heterocycles. The van der Waals surface area contributed by atoms with Gasteiger partial charge in [-0.15, -0.1) is 0 Å². The number of aromatic nitrogens is 3. The molecular weight excluding hydrogens is 516 g/mol. The molecular formula is C29H29F2N7O2. The number of allylic oxidation sites excluding steroid dienone is 1. The van der Waals surface area contributed by atoms with Crippen LogP contribution in [-0.4, -0.2) is 64.8 Å². The molecule has 0 unspecified atom stereocenters. The van der Waals surface area contributed by atoms with Crippen molar-refractivity contribution in [1.82, 2.24) is 24.9 Å². The van der Waals surface area contributed by atoms with E-state index in [9.17, 15) is 13.6 Å². The van der Waals surface area contributed by atoms with Gasteiger partial charge in [-0.1, -0.05) is 24.3 Å². The van der Waals surface area contributed by atoms with Crippen molar-refractivity contribution in [2.24, 2.45) is 5.10 Å². The molecule has 0 bridgehead atoms. The molecule has 1 fully saturated rings. The summed E-state index contributed by atoms with van der Waals surface area (Å²) < 4.78 is 33.9. The van der Waals surface area contributed by atoms with E-state index in [1.165, 1.54) is 0 Å². The van der Waals surface area contributed by atoms with Crippen LogP contribution in [0.25, 0.3) is 27.9 Å². The predicted octanol–water partition coefficient (Wildman–Crippen LogP) is 5.15. The summed E-state index contributed by atoms with van der Waals surface area (Å²) in [7, 11) is 1.57. The number of carbonyl (C=O) groups excluding carboxylic acids is 1. The number of alkyl halides is 2. The zero-order chi connectivity index (χ0) is 28.3. The zero-order valence-electron chi connectivity index (χ0n) is 22.2. The fourth-order valence-electron chi connectivity index (χ4n) is 4.57. The van der Waals surface area contributed by atoms with E-state index in [2.05, 4.69) is 32.5 Å². The Hall–Kier alpha value is -4.64. The number of hydrogen-bond donors (Lipinski definition) is 2. The molecule has 1 aliphatic heterocycles. The Labute approximate surface area is 230 Å². The van der Waals surface area contributed by atoms with E-state index in [0.29, 0.717) is 30.5 Å². The molecule has 40 heavy (non-hydrogen) atoms. The number of fused-ring (bicyclic) bond motifs is 1. The average Bonchev–Trinajstić information content (AvgIpc) is 3.31. The Balaban J connectivity index is 1.40. The van der Waals surface area contributed by atoms with Crippen molar-refractivity contribution in [1.29, 1.82) is 0 Å². The smallest absolute Gasteiger partial charge is 0.282 e. The van der Waals surface area contributed by atoms with Gasteiger partial charge in [-0.25, -0.2) is 18.7 Å². The Morgan fingerprint density at radius 3 is 2.65 bits per heavy atom. The number of rotatable bonds is 10. The van der Waals surface area contributed by atoms with Gasteiger partial charge in [0.05, 0.1) is 19.7 Å². The van der Waals surface area contributed by atoms with Crippen LogP contribution in [0.2, 0.25) is 0 Å². The number of benzene rings is 2. The van der Waals surface area contributed by atoms with Crippen LogP contribution in [0.1, 0.15) is 23.0 Å². The molecule has 1 saturated heterocycles. The van der Waals surface area contributed by atoms with E-state index >= 15 is 0 Å². The maximum Gasteiger partial charge on any atom is 0.282 e. The lowest BCUT2D eigenvalue weighted by Gasteiger charge is -2.38. The van der Waals surface area contributed by atoms with E-state index in [4.69, 9.17) is 4.74 Å². The van der Waals surface area contributed by atoms with E-state index in [1.54, 1.807) is 31.6 Å². The van der Waals surface area contributed by atoms with Gasteiger partial charge in [0.25, 0.3) is 11.8 Å². The van der Waals surface area contributed by atoms with Gasteiger partial charge >= 0.3 is 0 Å². The van der Waals surface area contributed by atoms with E-state index in [0.717, 1.165) is 38.2 Å². The Morgan fingerprint density at radius 1 is 1.18 bits per heavy atom. The summed E-state index contributed by atoms with van der Waals surface area (Å²) in [6.45, 7) is 4.98. The molecule has 0 saturated carbocycles. The Bertz CT molecular complexity index is 1570. The summed E-state index contributed by atoms with van der Waals surface area (Å²) >= 11 is 0. The van der Waals surface area contributed by atoms with Crippen LogP contribution in [0.3, 0.4) is 0 Å². The summed E-state index contributed by atoms with van der Waals surface area (Å²) in [5.74, 6) is -2.14. The van der Waals surface area contributed by atoms with Crippen LogP contribution >= 0.6 is 0 Å². The average molecular weight is 546 g/mol. The molecule has 0 atom stereocenters. The van der Waals surface area contributed by atoms with Gasteiger partial charge in [-0.05, 0) is 48.4 Å². The molecule has 0 spiro atoms. The third-order valence-electron chi connectivity index (χ3n) is 6.67. The van der Waals surface area contributed by atoms with Gasteiger partial charge in [-0.2, -0.15) is 5.10 Å². The van der Waals surface area contributed by atoms with Gasteiger partial charge in [0, 0.05) is 54.9 Å². The predicted molar refractivity (Wildman–Crippen MR) is 152 cm³/mol. The minimum absolute atomic E-state index is 0.348. The number of amides is 1. The molecule has 4 aromatic rings. The lowest BCUT2D eigenvalue weighted by Crippen LogP contribution is -2.58. The fraction of sp³-hybridized carbons (Fsp3) is 0.241. The number of anilines is 2. The van der Waals surface area contributed by atoms with Crippen LogP contribution < -0.4 is 10.7 Å². The van der Waals surface area contributed by atoms with Crippen molar-refractivity contribution in [3.05, 3.63) is 78.3 Å². The maximum absolute atomic E-state index is 13.4. The van der Waals surface area contributed by atoms with Gasteiger partial charge < -0.3 is 19.5 Å². The van der Waals surface area contributed by atoms with Crippen molar-refractivity contribution in [3.8, 4) is 11.4 Å². The number of nitrogens with one attached hydrogen (secondary N) is 2. The lowest BCUT2D eigenvalue weighted by molar-refractivity contribution is -0.113. The standard InChI is InChI=1S/C29H29F2N7O2/c1-19(16-34-32-2)20-6-8-23(9-7-20)35-26-10-11-33-27(36-26)22-5-4-21-14-25(28(39)37-17-29(30,31)18-37)38(12-13-40-3)24(21)15-22/h4-11,14-16,34H,2,12-13,17-18H2,1,3H3,(H,33,35,36)/b19-16+. The van der Waals surface area contributed by atoms with Gasteiger partial charge in [0.15, 0.2) is 5.82 Å². The topological polar surface area (TPSA) is 96.7 Å². The Morgan fingerprint density at radius 2 is 1.95 bits per heavy atom. The molecule has 2 N–H and O–H groups in total. The number of ether oxygens (including phenoxy) is 1. The number of nitrogens with zero attached hydrogens (tertiary/aromatic N) is 5. The highest BCUT2D eigenvalue weighted by Crippen LogP contribution is 2.31. The summed E-state index contributed by atoms with van der Waals surface area (Å²) in [6, 6.07) is 17.1. The molecule has 5 rings (SSSR count). The molecule has 3 heterocycles. The van der Waals surface area contributed by atoms with Crippen molar-refractivity contribution in [3.63, 3.8) is 0 Å². The summed E-state index contributed by atoms with van der Waals surface area (Å²) in [5.41, 5.74) is 7.52. The fourth-order valence-corrected chi connectivity index (χ4v) is 4.57. The minimum Gasteiger partial charge on any atom is -0.383 e. The Kier molecular flexibility index (Phi) is 7.56. The third kappa shape index (κ3) is 5.69. The largest absolute Gasteiger partial charge is 0.383 e. The second-order valence-electron chi connectivity index (χ2n) is 9.55. The van der Waals surface area contributed by atoms with Crippen molar-refractivity contribution < 1.29 is 18.3 Å². The SMILES string of the molecule is C=NN/C=C(\C)c1ccc(Nc2ccnc(-c3ccc4cc(C(=O)N5CC(F)(F)C5)n(CCOC)c4c3)n2)cc1. The molecule has 1 amide bonds. The molecule has 1 aliphatic rings. The zero-order valence-corrected chi connectivity index (χ0v) is 22.2. The number of hydrogen-bond acceptors (Lipinski definition) is 7. The van der Waals surface area contributed by atoms with Gasteiger partial charge in [0.2, 0.25) is 0 Å².